The minimum Gasteiger partial charge on any atom is -0.356 e. The van der Waals surface area contributed by atoms with Gasteiger partial charge >= 0.3 is 0 Å². The van der Waals surface area contributed by atoms with Gasteiger partial charge in [-0.15, -0.1) is 0 Å². The topological polar surface area (TPSA) is 29.1 Å². The molecule has 0 aliphatic carbocycles. The van der Waals surface area contributed by atoms with Crippen LogP contribution in [-0.4, -0.2) is 17.3 Å². The van der Waals surface area contributed by atoms with Gasteiger partial charge in [0, 0.05) is 11.4 Å². The molecule has 4 heteroatoms. The van der Waals surface area contributed by atoms with Crippen LogP contribution in [0.2, 0.25) is 0 Å². The van der Waals surface area contributed by atoms with Crippen molar-refractivity contribution >= 4 is 21.8 Å². The lowest BCUT2D eigenvalue weighted by Crippen LogP contribution is -2.26. The van der Waals surface area contributed by atoms with Crippen LogP contribution in [-0.2, 0) is 11.2 Å². The summed E-state index contributed by atoms with van der Waals surface area (Å²) in [5, 5.41) is 2.85. The smallest absolute Gasteiger partial charge is 0.224 e. The van der Waals surface area contributed by atoms with Crippen LogP contribution >= 0.6 is 15.9 Å². The Morgan fingerprint density at radius 1 is 1.41 bits per heavy atom. The molecule has 1 aromatic rings. The van der Waals surface area contributed by atoms with Crippen LogP contribution in [0.25, 0.3) is 0 Å². The van der Waals surface area contributed by atoms with Crippen molar-refractivity contribution in [1.29, 1.82) is 0 Å². The highest BCUT2D eigenvalue weighted by Crippen LogP contribution is 2.06. The van der Waals surface area contributed by atoms with Crippen LogP contribution in [0.1, 0.15) is 25.3 Å². The third kappa shape index (κ3) is 6.41. The van der Waals surface area contributed by atoms with Gasteiger partial charge in [-0.25, -0.2) is 4.39 Å². The Kier molecular flexibility index (Phi) is 6.19. The second kappa shape index (κ2) is 7.43. The minimum absolute atomic E-state index is 0.0150. The number of rotatable bonds is 6. The van der Waals surface area contributed by atoms with E-state index in [4.69, 9.17) is 0 Å². The molecular formula is C13H17BrFNO. The predicted octanol–water partition coefficient (Wildman–Crippen LogP) is 3.05. The molecule has 2 nitrogen and oxygen atoms in total. The Morgan fingerprint density at radius 3 is 2.65 bits per heavy atom. The fourth-order valence-electron chi connectivity index (χ4n) is 1.46. The molecule has 0 saturated carbocycles. The quantitative estimate of drug-likeness (QED) is 0.635. The van der Waals surface area contributed by atoms with Gasteiger partial charge < -0.3 is 5.32 Å². The van der Waals surface area contributed by atoms with Crippen molar-refractivity contribution < 1.29 is 9.18 Å². The highest BCUT2D eigenvalue weighted by atomic mass is 79.9. The van der Waals surface area contributed by atoms with Crippen molar-refractivity contribution in [3.05, 3.63) is 35.6 Å². The third-order valence-corrected chi connectivity index (χ3v) is 2.84. The molecule has 94 valence electrons. The summed E-state index contributed by atoms with van der Waals surface area (Å²) in [6, 6.07) is 6.01. The number of amides is 1. The molecule has 0 radical (unpaired) electrons. The molecule has 0 saturated heterocycles. The number of hydrogen-bond donors (Lipinski definition) is 1. The van der Waals surface area contributed by atoms with E-state index >= 15 is 0 Å². The molecule has 0 aliphatic rings. The van der Waals surface area contributed by atoms with Crippen LogP contribution in [0.3, 0.4) is 0 Å². The predicted molar refractivity (Wildman–Crippen MR) is 70.7 cm³/mol. The number of nitrogens with one attached hydrogen (secondary N) is 1. The van der Waals surface area contributed by atoms with E-state index in [-0.39, 0.29) is 11.7 Å². The largest absolute Gasteiger partial charge is 0.356 e. The first-order chi connectivity index (χ1) is 8.08. The fourth-order valence-corrected chi connectivity index (χ4v) is 1.79. The molecule has 1 aromatic carbocycles. The maximum Gasteiger partial charge on any atom is 0.224 e. The van der Waals surface area contributed by atoms with Gasteiger partial charge in [0.15, 0.2) is 0 Å². The van der Waals surface area contributed by atoms with Crippen LogP contribution in [0, 0.1) is 5.82 Å². The highest BCUT2D eigenvalue weighted by molar-refractivity contribution is 9.09. The van der Waals surface area contributed by atoms with E-state index in [2.05, 4.69) is 28.2 Å². The van der Waals surface area contributed by atoms with Gasteiger partial charge in [-0.2, -0.15) is 0 Å². The molecular weight excluding hydrogens is 285 g/mol. The van der Waals surface area contributed by atoms with E-state index in [1.165, 1.54) is 12.1 Å². The van der Waals surface area contributed by atoms with E-state index in [1.807, 2.05) is 0 Å². The Labute approximate surface area is 110 Å². The fraction of sp³-hybridized carbons (Fsp3) is 0.462. The average molecular weight is 302 g/mol. The van der Waals surface area contributed by atoms with Gasteiger partial charge in [0.1, 0.15) is 5.82 Å². The molecule has 1 unspecified atom stereocenters. The first kappa shape index (κ1) is 14.2. The standard InChI is InChI=1S/C13H17BrFNO/c1-10(14)3-2-8-16-13(17)9-11-4-6-12(15)7-5-11/h4-7,10H,2-3,8-9H2,1H3,(H,16,17). The normalized spacial score (nSPS) is 12.2. The van der Waals surface area contributed by atoms with Gasteiger partial charge in [-0.3, -0.25) is 4.79 Å². The molecule has 1 amide bonds. The second-order valence-corrected chi connectivity index (χ2v) is 5.64. The lowest BCUT2D eigenvalue weighted by atomic mass is 10.1. The van der Waals surface area contributed by atoms with Crippen molar-refractivity contribution in [2.75, 3.05) is 6.54 Å². The van der Waals surface area contributed by atoms with E-state index < -0.39 is 0 Å². The Morgan fingerprint density at radius 2 is 2.06 bits per heavy atom. The summed E-state index contributed by atoms with van der Waals surface area (Å²) in [6.07, 6.45) is 2.31. The van der Waals surface area contributed by atoms with Gasteiger partial charge in [0.25, 0.3) is 0 Å². The lowest BCUT2D eigenvalue weighted by Gasteiger charge is -2.06. The number of hydrogen-bond acceptors (Lipinski definition) is 1. The number of carbonyl (C=O) groups is 1. The molecule has 0 fully saturated rings. The van der Waals surface area contributed by atoms with Crippen molar-refractivity contribution in [3.8, 4) is 0 Å². The summed E-state index contributed by atoms with van der Waals surface area (Å²) >= 11 is 3.45. The molecule has 1 N–H and O–H groups in total. The van der Waals surface area contributed by atoms with Gasteiger partial charge in [-0.1, -0.05) is 35.0 Å². The van der Waals surface area contributed by atoms with Crippen molar-refractivity contribution in [1.82, 2.24) is 5.32 Å². The number of alkyl halides is 1. The third-order valence-electron chi connectivity index (χ3n) is 2.38. The summed E-state index contributed by atoms with van der Waals surface area (Å²) in [5.74, 6) is -0.292. The number of benzene rings is 1. The molecule has 0 bridgehead atoms. The summed E-state index contributed by atoms with van der Waals surface area (Å²) in [7, 11) is 0. The van der Waals surface area contributed by atoms with Crippen molar-refractivity contribution in [2.24, 2.45) is 0 Å². The average Bonchev–Trinajstić information content (AvgIpc) is 2.27. The zero-order chi connectivity index (χ0) is 12.7. The first-order valence-corrected chi connectivity index (χ1v) is 6.64. The summed E-state index contributed by atoms with van der Waals surface area (Å²) < 4.78 is 12.6. The Hall–Kier alpha value is -0.900. The Bertz CT molecular complexity index is 351. The van der Waals surface area contributed by atoms with Gasteiger partial charge in [0.2, 0.25) is 5.91 Å². The molecule has 1 atom stereocenters. The highest BCUT2D eigenvalue weighted by Gasteiger charge is 2.03. The molecule has 17 heavy (non-hydrogen) atoms. The van der Waals surface area contributed by atoms with Crippen LogP contribution < -0.4 is 5.32 Å². The van der Waals surface area contributed by atoms with E-state index in [9.17, 15) is 9.18 Å². The van der Waals surface area contributed by atoms with Crippen molar-refractivity contribution in [2.45, 2.75) is 31.0 Å². The maximum absolute atomic E-state index is 12.6. The SMILES string of the molecule is CC(Br)CCCNC(=O)Cc1ccc(F)cc1. The molecule has 0 heterocycles. The van der Waals surface area contributed by atoms with E-state index in [0.717, 1.165) is 18.4 Å². The van der Waals surface area contributed by atoms with Crippen LogP contribution in [0.15, 0.2) is 24.3 Å². The minimum atomic E-state index is -0.277. The molecule has 0 spiro atoms. The second-order valence-electron chi connectivity index (χ2n) is 4.08. The summed E-state index contributed by atoms with van der Waals surface area (Å²) in [4.78, 5) is 12.0. The molecule has 1 rings (SSSR count). The monoisotopic (exact) mass is 301 g/mol. The van der Waals surface area contributed by atoms with E-state index in [0.29, 0.717) is 17.8 Å². The number of halogens is 2. The van der Waals surface area contributed by atoms with E-state index in [1.54, 1.807) is 12.1 Å². The summed E-state index contributed by atoms with van der Waals surface area (Å²) in [5.41, 5.74) is 0.831. The zero-order valence-electron chi connectivity index (χ0n) is 9.88. The number of carbonyl (C=O) groups excluding carboxylic acids is 1. The molecule has 0 aliphatic heterocycles. The summed E-state index contributed by atoms with van der Waals surface area (Å²) in [6.45, 7) is 2.77. The zero-order valence-corrected chi connectivity index (χ0v) is 11.5. The van der Waals surface area contributed by atoms with Crippen molar-refractivity contribution in [3.63, 3.8) is 0 Å². The first-order valence-electron chi connectivity index (χ1n) is 5.73. The van der Waals surface area contributed by atoms with Crippen LogP contribution in [0.5, 0.6) is 0 Å². The maximum atomic E-state index is 12.6. The Balaban J connectivity index is 2.23. The molecule has 0 aromatic heterocycles. The van der Waals surface area contributed by atoms with Gasteiger partial charge in [0.05, 0.1) is 6.42 Å². The van der Waals surface area contributed by atoms with Gasteiger partial charge in [-0.05, 0) is 30.5 Å². The lowest BCUT2D eigenvalue weighted by molar-refractivity contribution is -0.120. The van der Waals surface area contributed by atoms with Crippen LogP contribution in [0.4, 0.5) is 4.39 Å².